The van der Waals surface area contributed by atoms with Crippen molar-refractivity contribution < 1.29 is 24.5 Å². The van der Waals surface area contributed by atoms with E-state index >= 15 is 0 Å². The van der Waals surface area contributed by atoms with Gasteiger partial charge in [0.15, 0.2) is 0 Å². The van der Waals surface area contributed by atoms with E-state index in [1.807, 2.05) is 62.6 Å². The summed E-state index contributed by atoms with van der Waals surface area (Å²) in [6.45, 7) is 12.9. The largest absolute Gasteiger partial charge is 0.486 e. The molecule has 4 aromatic carbocycles. The van der Waals surface area contributed by atoms with Crippen molar-refractivity contribution in [2.24, 2.45) is 0 Å². The summed E-state index contributed by atoms with van der Waals surface area (Å²) in [4.78, 5) is 13.6. The molecule has 0 atom stereocenters. The maximum absolute atomic E-state index is 6.21. The zero-order valence-electron chi connectivity index (χ0n) is 28.6. The summed E-state index contributed by atoms with van der Waals surface area (Å²) in [7, 11) is 0. The molecule has 8 rings (SSSR count). The molecule has 5 heteroatoms. The molecule has 8 aromatic rings. The number of pyridine rings is 3. The fourth-order valence-electron chi connectivity index (χ4n) is 6.13. The Labute approximate surface area is 301 Å². The Balaban J connectivity index is 0.000000234. The van der Waals surface area contributed by atoms with Crippen molar-refractivity contribution >= 4 is 32.8 Å². The number of nitrogens with zero attached hydrogens (tertiary/aromatic N) is 3. The van der Waals surface area contributed by atoms with E-state index in [9.17, 15) is 0 Å². The first kappa shape index (κ1) is 33.9. The van der Waals surface area contributed by atoms with E-state index in [0.29, 0.717) is 5.71 Å². The summed E-state index contributed by atoms with van der Waals surface area (Å²) in [6.07, 6.45) is 3.75. The summed E-state index contributed by atoms with van der Waals surface area (Å²) in [5, 5.41) is 4.58. The first-order chi connectivity index (χ1) is 23.2. The average Bonchev–Trinajstić information content (AvgIpc) is 3.46. The SMILES string of the molecule is Cc1c[c-]c(-c2ccc(C)cn2)cc1.Cc1ccc2c(n1)oc1c(-c3cc(-c4ccc(C(C)(C)C)c5ccccc45)ccn3)[c-]ccc12.[Ir]. The van der Waals surface area contributed by atoms with E-state index in [1.54, 1.807) is 0 Å². The average molecular weight is 816 g/mol. The minimum atomic E-state index is 0. The van der Waals surface area contributed by atoms with Crippen LogP contribution in [0.4, 0.5) is 0 Å². The predicted molar refractivity (Wildman–Crippen MR) is 198 cm³/mol. The van der Waals surface area contributed by atoms with E-state index in [1.165, 1.54) is 33.0 Å². The number of fused-ring (bicyclic) bond motifs is 4. The molecule has 0 bridgehead atoms. The zero-order valence-corrected chi connectivity index (χ0v) is 30.9. The third-order valence-corrected chi connectivity index (χ3v) is 8.65. The maximum Gasteiger partial charge on any atom is 0.216 e. The smallest absolute Gasteiger partial charge is 0.216 e. The van der Waals surface area contributed by atoms with Crippen molar-refractivity contribution in [1.82, 2.24) is 15.0 Å². The first-order valence-electron chi connectivity index (χ1n) is 16.3. The van der Waals surface area contributed by atoms with Crippen LogP contribution in [0.3, 0.4) is 0 Å². The normalized spacial score (nSPS) is 11.3. The number of aromatic nitrogens is 3. The van der Waals surface area contributed by atoms with Crippen LogP contribution < -0.4 is 0 Å². The third-order valence-electron chi connectivity index (χ3n) is 8.65. The fraction of sp³-hybridized carbons (Fsp3) is 0.159. The zero-order chi connectivity index (χ0) is 33.4. The van der Waals surface area contributed by atoms with Gasteiger partial charge in [-0.3, -0.25) is 0 Å². The topological polar surface area (TPSA) is 51.8 Å². The molecule has 0 unspecified atom stereocenters. The number of hydrogen-bond donors (Lipinski definition) is 0. The second kappa shape index (κ2) is 13.9. The Bertz CT molecular complexity index is 2360. The molecule has 4 heterocycles. The monoisotopic (exact) mass is 816 g/mol. The second-order valence-electron chi connectivity index (χ2n) is 13.4. The van der Waals surface area contributed by atoms with Gasteiger partial charge >= 0.3 is 0 Å². The molecule has 4 aromatic heterocycles. The number of rotatable bonds is 3. The molecular formula is C44H37IrN3O-2. The molecule has 0 aliphatic rings. The molecule has 49 heavy (non-hydrogen) atoms. The summed E-state index contributed by atoms with van der Waals surface area (Å²) in [5.74, 6) is 0. The van der Waals surface area contributed by atoms with Gasteiger partial charge < -0.3 is 14.4 Å². The van der Waals surface area contributed by atoms with Gasteiger partial charge in [0.1, 0.15) is 0 Å². The Morgan fingerprint density at radius 1 is 0.673 bits per heavy atom. The van der Waals surface area contributed by atoms with Crippen LogP contribution in [0.5, 0.6) is 0 Å². The van der Waals surface area contributed by atoms with Crippen molar-refractivity contribution in [3.63, 3.8) is 0 Å². The van der Waals surface area contributed by atoms with Crippen molar-refractivity contribution in [2.45, 2.75) is 47.0 Å². The maximum atomic E-state index is 6.21. The number of hydrogen-bond acceptors (Lipinski definition) is 4. The molecule has 1 radical (unpaired) electrons. The second-order valence-corrected chi connectivity index (χ2v) is 13.4. The van der Waals surface area contributed by atoms with Gasteiger partial charge in [0.05, 0.1) is 5.58 Å². The Kier molecular flexibility index (Phi) is 9.61. The minimum Gasteiger partial charge on any atom is -0.486 e. The minimum absolute atomic E-state index is 0. The van der Waals surface area contributed by atoms with Crippen LogP contribution in [-0.4, -0.2) is 15.0 Å². The molecule has 0 aliphatic carbocycles. The Morgan fingerprint density at radius 3 is 2.20 bits per heavy atom. The number of benzene rings is 4. The van der Waals surface area contributed by atoms with E-state index in [4.69, 9.17) is 9.40 Å². The standard InChI is InChI=1S/C31H25N2O.C13H12N.Ir/c1-19-12-13-25-24-10-7-11-26(29(24)34-30(25)33-19)28-18-20(16-17-32-28)21-14-15-27(31(2,3)4)23-9-6-5-8-22(21)23;1-10-3-6-12(7-4-10)13-8-5-11(2)9-14-13;/h5-10,12-18H,1-4H3;3-6,8-9H,1-2H3;/q2*-1;. The molecular weight excluding hydrogens is 779 g/mol. The van der Waals surface area contributed by atoms with E-state index in [-0.39, 0.29) is 25.5 Å². The van der Waals surface area contributed by atoms with Crippen LogP contribution in [0, 0.1) is 32.9 Å². The van der Waals surface area contributed by atoms with Crippen molar-refractivity contribution in [3.05, 3.63) is 150 Å². The quantitative estimate of drug-likeness (QED) is 0.167. The van der Waals surface area contributed by atoms with Gasteiger partial charge in [-0.25, -0.2) is 4.98 Å². The van der Waals surface area contributed by atoms with Crippen molar-refractivity contribution in [3.8, 4) is 33.6 Å². The molecule has 0 saturated carbocycles. The van der Waals surface area contributed by atoms with Crippen LogP contribution in [-0.2, 0) is 25.5 Å². The van der Waals surface area contributed by atoms with Crippen LogP contribution in [0.15, 0.2) is 120 Å². The van der Waals surface area contributed by atoms with E-state index in [2.05, 4.69) is 117 Å². The predicted octanol–water partition coefficient (Wildman–Crippen LogP) is 11.4. The van der Waals surface area contributed by atoms with Gasteiger partial charge in [0, 0.05) is 43.6 Å². The van der Waals surface area contributed by atoms with E-state index < -0.39 is 0 Å². The Morgan fingerprint density at radius 2 is 1.47 bits per heavy atom. The summed E-state index contributed by atoms with van der Waals surface area (Å²) < 4.78 is 6.21. The summed E-state index contributed by atoms with van der Waals surface area (Å²) in [6, 6.07) is 42.2. The van der Waals surface area contributed by atoms with Crippen LogP contribution >= 0.6 is 0 Å². The number of aryl methyl sites for hydroxylation is 3. The van der Waals surface area contributed by atoms with Gasteiger partial charge in [-0.2, -0.15) is 0 Å². The van der Waals surface area contributed by atoms with Gasteiger partial charge in [-0.05, 0) is 81.9 Å². The molecule has 0 spiro atoms. The first-order valence-corrected chi connectivity index (χ1v) is 16.3. The van der Waals surface area contributed by atoms with Crippen LogP contribution in [0.25, 0.3) is 66.5 Å². The van der Waals surface area contributed by atoms with Gasteiger partial charge in [0.2, 0.25) is 5.71 Å². The van der Waals surface area contributed by atoms with Crippen LogP contribution in [0.2, 0.25) is 0 Å². The van der Waals surface area contributed by atoms with Gasteiger partial charge in [-0.15, -0.1) is 53.6 Å². The molecule has 0 amide bonds. The molecule has 4 nitrogen and oxygen atoms in total. The molecule has 0 N–H and O–H groups in total. The van der Waals surface area contributed by atoms with Crippen molar-refractivity contribution in [2.75, 3.05) is 0 Å². The molecule has 0 fully saturated rings. The van der Waals surface area contributed by atoms with Gasteiger partial charge in [-0.1, -0.05) is 93.2 Å². The molecule has 0 saturated heterocycles. The fourth-order valence-corrected chi connectivity index (χ4v) is 6.13. The molecule has 0 aliphatic heterocycles. The Hall–Kier alpha value is -4.96. The van der Waals surface area contributed by atoms with E-state index in [0.717, 1.165) is 50.1 Å². The number of furan rings is 1. The summed E-state index contributed by atoms with van der Waals surface area (Å²) in [5.41, 5.74) is 12.2. The third kappa shape index (κ3) is 6.96. The van der Waals surface area contributed by atoms with Gasteiger partial charge in [0.25, 0.3) is 0 Å². The summed E-state index contributed by atoms with van der Waals surface area (Å²) >= 11 is 0. The molecule has 245 valence electrons. The van der Waals surface area contributed by atoms with Crippen molar-refractivity contribution in [1.29, 1.82) is 0 Å². The van der Waals surface area contributed by atoms with Crippen LogP contribution in [0.1, 0.15) is 43.2 Å².